The van der Waals surface area contributed by atoms with Crippen LogP contribution in [0.4, 0.5) is 10.5 Å². The van der Waals surface area contributed by atoms with Gasteiger partial charge < -0.3 is 15.4 Å². The molecule has 0 radical (unpaired) electrons. The van der Waals surface area contributed by atoms with Gasteiger partial charge in [0.25, 0.3) is 0 Å². The van der Waals surface area contributed by atoms with Gasteiger partial charge in [-0.2, -0.15) is 5.10 Å². The van der Waals surface area contributed by atoms with Crippen molar-refractivity contribution in [2.45, 2.75) is 6.04 Å². The van der Waals surface area contributed by atoms with Crippen molar-refractivity contribution in [3.05, 3.63) is 65.1 Å². The number of hydrogen-bond acceptors (Lipinski definition) is 4. The fraction of sp³-hybridized carbons (Fsp3) is 0.176. The van der Waals surface area contributed by atoms with Crippen LogP contribution in [-0.2, 0) is 0 Å². The maximum Gasteiger partial charge on any atom is 0.319 e. The van der Waals surface area contributed by atoms with Crippen molar-refractivity contribution in [1.29, 1.82) is 0 Å². The molecule has 0 aliphatic heterocycles. The third-order valence-electron chi connectivity index (χ3n) is 3.53. The monoisotopic (exact) mass is 342 g/mol. The molecular formula is C17H18N4O2S. The second kappa shape index (κ2) is 7.65. The number of para-hydroxylation sites is 2. The molecule has 1 aromatic carbocycles. The summed E-state index contributed by atoms with van der Waals surface area (Å²) in [5.74, 6) is 0.620. The number of ether oxygens (including phenoxy) is 1. The summed E-state index contributed by atoms with van der Waals surface area (Å²) >= 11 is 1.64. The quantitative estimate of drug-likeness (QED) is 0.722. The van der Waals surface area contributed by atoms with Crippen LogP contribution in [0.1, 0.15) is 10.9 Å². The van der Waals surface area contributed by atoms with Crippen molar-refractivity contribution in [1.82, 2.24) is 15.1 Å². The van der Waals surface area contributed by atoms with Crippen molar-refractivity contribution in [3.8, 4) is 5.75 Å². The number of aromatic nitrogens is 2. The zero-order valence-electron chi connectivity index (χ0n) is 13.2. The third kappa shape index (κ3) is 3.75. The van der Waals surface area contributed by atoms with Gasteiger partial charge in [0.05, 0.1) is 12.8 Å². The summed E-state index contributed by atoms with van der Waals surface area (Å²) in [5, 5.41) is 12.0. The van der Waals surface area contributed by atoms with Crippen molar-refractivity contribution in [2.24, 2.45) is 0 Å². The molecule has 24 heavy (non-hydrogen) atoms. The molecule has 0 saturated carbocycles. The molecule has 2 amide bonds. The molecule has 0 fully saturated rings. The largest absolute Gasteiger partial charge is 0.495 e. The van der Waals surface area contributed by atoms with E-state index in [1.165, 1.54) is 0 Å². The number of anilines is 1. The highest BCUT2D eigenvalue weighted by Crippen LogP contribution is 2.24. The minimum absolute atomic E-state index is 0.0385. The first-order valence-corrected chi connectivity index (χ1v) is 8.36. The van der Waals surface area contributed by atoms with Gasteiger partial charge in [0.1, 0.15) is 11.8 Å². The summed E-state index contributed by atoms with van der Waals surface area (Å²) in [5.41, 5.74) is 0.629. The lowest BCUT2D eigenvalue weighted by atomic mass is 10.2. The van der Waals surface area contributed by atoms with Crippen molar-refractivity contribution in [2.75, 3.05) is 19.0 Å². The molecule has 0 unspecified atom stereocenters. The molecule has 1 atom stereocenters. The summed E-state index contributed by atoms with van der Waals surface area (Å²) in [4.78, 5) is 13.4. The first-order chi connectivity index (χ1) is 11.8. The molecule has 2 aromatic heterocycles. The Hall–Kier alpha value is -2.80. The number of carbonyl (C=O) groups excluding carboxylic acids is 1. The van der Waals surface area contributed by atoms with Gasteiger partial charge in [-0.25, -0.2) is 4.79 Å². The zero-order valence-corrected chi connectivity index (χ0v) is 14.0. The molecule has 2 N–H and O–H groups in total. The van der Waals surface area contributed by atoms with Gasteiger partial charge in [-0.05, 0) is 29.6 Å². The van der Waals surface area contributed by atoms with Crippen LogP contribution >= 0.6 is 11.3 Å². The molecule has 3 aromatic rings. The van der Waals surface area contributed by atoms with Crippen LogP contribution in [0.25, 0.3) is 0 Å². The third-order valence-corrected chi connectivity index (χ3v) is 4.50. The van der Waals surface area contributed by atoms with E-state index in [4.69, 9.17) is 4.74 Å². The van der Waals surface area contributed by atoms with Gasteiger partial charge in [-0.3, -0.25) is 4.68 Å². The summed E-state index contributed by atoms with van der Waals surface area (Å²) in [6.45, 7) is 0.434. The summed E-state index contributed by atoms with van der Waals surface area (Å²) in [6.07, 6.45) is 3.62. The van der Waals surface area contributed by atoms with Gasteiger partial charge in [-0.1, -0.05) is 18.2 Å². The molecule has 0 bridgehead atoms. The fourth-order valence-electron chi connectivity index (χ4n) is 2.37. The Labute approximate surface area is 144 Å². The SMILES string of the molecule is COc1ccccc1NC(=O)NC[C@H](c1cccs1)n1cccn1. The first kappa shape index (κ1) is 16.1. The lowest BCUT2D eigenvalue weighted by Crippen LogP contribution is -2.34. The van der Waals surface area contributed by atoms with Crippen LogP contribution in [-0.4, -0.2) is 29.5 Å². The van der Waals surface area contributed by atoms with E-state index in [1.54, 1.807) is 36.8 Å². The van der Waals surface area contributed by atoms with Crippen LogP contribution < -0.4 is 15.4 Å². The maximum atomic E-state index is 12.2. The Morgan fingerprint density at radius 2 is 2.17 bits per heavy atom. The highest BCUT2D eigenvalue weighted by Gasteiger charge is 2.16. The Morgan fingerprint density at radius 3 is 2.88 bits per heavy atom. The fourth-order valence-corrected chi connectivity index (χ4v) is 3.19. The molecule has 0 aliphatic carbocycles. The van der Waals surface area contributed by atoms with Gasteiger partial charge in [-0.15, -0.1) is 11.3 Å². The van der Waals surface area contributed by atoms with Crippen LogP contribution in [0.15, 0.2) is 60.2 Å². The molecule has 0 aliphatic rings. The van der Waals surface area contributed by atoms with E-state index in [9.17, 15) is 4.79 Å². The molecule has 3 rings (SSSR count). The Kier molecular flexibility index (Phi) is 5.12. The van der Waals surface area contributed by atoms with Gasteiger partial charge in [0, 0.05) is 23.8 Å². The lowest BCUT2D eigenvalue weighted by Gasteiger charge is -2.17. The van der Waals surface area contributed by atoms with Gasteiger partial charge >= 0.3 is 6.03 Å². The number of rotatable bonds is 6. The number of urea groups is 1. The van der Waals surface area contributed by atoms with Crippen LogP contribution in [0, 0.1) is 0 Å². The topological polar surface area (TPSA) is 68.2 Å². The molecule has 7 heteroatoms. The Balaban J connectivity index is 1.65. The minimum atomic E-state index is -0.284. The Bertz CT molecular complexity index is 738. The van der Waals surface area contributed by atoms with E-state index in [0.717, 1.165) is 4.88 Å². The van der Waals surface area contributed by atoms with E-state index in [0.29, 0.717) is 18.0 Å². The average molecular weight is 342 g/mol. The second-order valence-corrected chi connectivity index (χ2v) is 6.03. The summed E-state index contributed by atoms with van der Waals surface area (Å²) < 4.78 is 7.08. The normalized spacial score (nSPS) is 11.7. The minimum Gasteiger partial charge on any atom is -0.495 e. The molecule has 2 heterocycles. The molecule has 124 valence electrons. The number of nitrogens with one attached hydrogen (secondary N) is 2. The molecule has 0 spiro atoms. The van der Waals surface area contributed by atoms with Crippen molar-refractivity contribution < 1.29 is 9.53 Å². The maximum absolute atomic E-state index is 12.2. The summed E-state index contributed by atoms with van der Waals surface area (Å²) in [7, 11) is 1.57. The first-order valence-electron chi connectivity index (χ1n) is 7.48. The number of amides is 2. The predicted molar refractivity (Wildman–Crippen MR) is 94.7 cm³/mol. The van der Waals surface area contributed by atoms with E-state index in [1.807, 2.05) is 46.6 Å². The van der Waals surface area contributed by atoms with E-state index >= 15 is 0 Å². The highest BCUT2D eigenvalue weighted by atomic mass is 32.1. The van der Waals surface area contributed by atoms with Crippen molar-refractivity contribution >= 4 is 23.1 Å². The predicted octanol–water partition coefficient (Wildman–Crippen LogP) is 3.36. The smallest absolute Gasteiger partial charge is 0.319 e. The Morgan fingerprint density at radius 1 is 1.29 bits per heavy atom. The van der Waals surface area contributed by atoms with Gasteiger partial charge in [0.2, 0.25) is 0 Å². The second-order valence-electron chi connectivity index (χ2n) is 5.05. The molecule has 0 saturated heterocycles. The molecule has 6 nitrogen and oxygen atoms in total. The van der Waals surface area contributed by atoms with E-state index < -0.39 is 0 Å². The average Bonchev–Trinajstić information content (AvgIpc) is 3.30. The number of hydrogen-bond donors (Lipinski definition) is 2. The lowest BCUT2D eigenvalue weighted by molar-refractivity contribution is 0.250. The standard InChI is InChI=1S/C17H18N4O2S/c1-23-15-7-3-2-6-13(15)20-17(22)18-12-14(16-8-4-11-24-16)21-10-5-9-19-21/h2-11,14H,12H2,1H3,(H2,18,20,22)/t14-/m1/s1. The van der Waals surface area contributed by atoms with Crippen LogP contribution in [0.2, 0.25) is 0 Å². The van der Waals surface area contributed by atoms with Crippen LogP contribution in [0.5, 0.6) is 5.75 Å². The number of methoxy groups -OCH3 is 1. The number of carbonyl (C=O) groups is 1. The number of thiophene rings is 1. The zero-order chi connectivity index (χ0) is 16.8. The van der Waals surface area contributed by atoms with E-state index in [-0.39, 0.29) is 12.1 Å². The number of benzene rings is 1. The van der Waals surface area contributed by atoms with E-state index in [2.05, 4.69) is 15.7 Å². The van der Waals surface area contributed by atoms with Crippen molar-refractivity contribution in [3.63, 3.8) is 0 Å². The summed E-state index contributed by atoms with van der Waals surface area (Å²) in [6, 6.07) is 12.9. The molecular weight excluding hydrogens is 324 g/mol. The van der Waals surface area contributed by atoms with Gasteiger partial charge in [0.15, 0.2) is 0 Å². The number of nitrogens with zero attached hydrogens (tertiary/aromatic N) is 2. The highest BCUT2D eigenvalue weighted by molar-refractivity contribution is 7.10. The van der Waals surface area contributed by atoms with Crippen LogP contribution in [0.3, 0.4) is 0 Å².